The van der Waals surface area contributed by atoms with Crippen LogP contribution in [-0.4, -0.2) is 21.1 Å². The van der Waals surface area contributed by atoms with Gasteiger partial charge >= 0.3 is 0 Å². The lowest BCUT2D eigenvalue weighted by Gasteiger charge is -2.11. The van der Waals surface area contributed by atoms with E-state index >= 15 is 0 Å². The van der Waals surface area contributed by atoms with E-state index < -0.39 is 28.0 Å². The van der Waals surface area contributed by atoms with Gasteiger partial charge in [-0.1, -0.05) is 46.4 Å². The molecule has 1 heterocycles. The number of pyridine rings is 1. The third-order valence-corrected chi connectivity index (χ3v) is 7.07. The lowest BCUT2D eigenvalue weighted by Crippen LogP contribution is -2.18. The van der Waals surface area contributed by atoms with E-state index in [0.29, 0.717) is 27.0 Å². The van der Waals surface area contributed by atoms with Crippen LogP contribution in [-0.2, 0) is 4.79 Å². The van der Waals surface area contributed by atoms with Gasteiger partial charge in [0, 0.05) is 27.8 Å². The van der Waals surface area contributed by atoms with Gasteiger partial charge < -0.3 is 10.6 Å². The molecule has 0 bridgehead atoms. The Kier molecular flexibility index (Phi) is 7.02. The highest BCUT2D eigenvalue weighted by molar-refractivity contribution is 6.53. The fourth-order valence-corrected chi connectivity index (χ4v) is 5.23. The van der Waals surface area contributed by atoms with E-state index in [-0.39, 0.29) is 15.7 Å². The zero-order valence-corrected chi connectivity index (χ0v) is 20.9. The van der Waals surface area contributed by atoms with E-state index in [1.807, 2.05) is 0 Å². The van der Waals surface area contributed by atoms with Gasteiger partial charge in [-0.15, -0.1) is 23.2 Å². The normalized spacial score (nSPS) is 18.5. The minimum atomic E-state index is -1.33. The lowest BCUT2D eigenvalue weighted by molar-refractivity contribution is -0.117. The Hall–Kier alpha value is -1.73. The maximum atomic E-state index is 12.9. The molecule has 0 saturated heterocycles. The Morgan fingerprint density at radius 3 is 2.27 bits per heavy atom. The van der Waals surface area contributed by atoms with Crippen LogP contribution in [0.2, 0.25) is 20.2 Å². The van der Waals surface area contributed by atoms with Gasteiger partial charge in [0.25, 0.3) is 5.91 Å². The van der Waals surface area contributed by atoms with Crippen molar-refractivity contribution >= 4 is 92.8 Å². The van der Waals surface area contributed by atoms with Gasteiger partial charge in [-0.25, -0.2) is 4.98 Å². The first-order valence-corrected chi connectivity index (χ1v) is 11.7. The van der Waals surface area contributed by atoms with Crippen molar-refractivity contribution in [1.82, 2.24) is 4.98 Å². The number of carbonyl (C=O) groups is 2. The SMILES string of the molecule is O=C(Nc1cccnc1Cl)c1cc(NC(=O)C2C(c3cc(Cl)cc(Cl)c3)C2(Cl)Cl)ccc1Cl. The Balaban J connectivity index is 1.52. The molecule has 170 valence electrons. The zero-order valence-electron chi connectivity index (χ0n) is 16.4. The third kappa shape index (κ3) is 5.19. The highest BCUT2D eigenvalue weighted by Crippen LogP contribution is 2.65. The molecule has 2 atom stereocenters. The molecule has 2 amide bonds. The van der Waals surface area contributed by atoms with Gasteiger partial charge in [0.2, 0.25) is 5.91 Å². The monoisotopic (exact) mass is 561 g/mol. The minimum Gasteiger partial charge on any atom is -0.326 e. The van der Waals surface area contributed by atoms with Gasteiger partial charge in [0.05, 0.1) is 22.2 Å². The van der Waals surface area contributed by atoms with E-state index in [2.05, 4.69) is 15.6 Å². The van der Waals surface area contributed by atoms with Crippen molar-refractivity contribution in [3.63, 3.8) is 0 Å². The van der Waals surface area contributed by atoms with Crippen molar-refractivity contribution in [2.24, 2.45) is 5.92 Å². The number of nitrogens with zero attached hydrogens (tertiary/aromatic N) is 1. The number of amides is 2. The standard InChI is InChI=1S/C22H13Cl6N3O2/c23-11-6-10(7-12(24)8-11)17-18(22(17,27)28)21(33)30-13-3-4-15(25)14(9-13)20(32)31-16-2-1-5-29-19(16)26/h1-9,17-18H,(H,30,33)(H,31,32). The van der Waals surface area contributed by atoms with Crippen LogP contribution in [0.5, 0.6) is 0 Å². The summed E-state index contributed by atoms with van der Waals surface area (Å²) in [4.78, 5) is 29.6. The van der Waals surface area contributed by atoms with Gasteiger partial charge in [0.1, 0.15) is 4.33 Å². The molecule has 1 aliphatic rings. The summed E-state index contributed by atoms with van der Waals surface area (Å²) in [6, 6.07) is 12.6. The average Bonchev–Trinajstić information content (AvgIpc) is 3.32. The lowest BCUT2D eigenvalue weighted by atomic mass is 10.1. The molecule has 4 rings (SSSR count). The molecule has 3 aromatic rings. The van der Waals surface area contributed by atoms with E-state index in [1.165, 1.54) is 18.3 Å². The summed E-state index contributed by atoms with van der Waals surface area (Å²) in [6.07, 6.45) is 1.50. The van der Waals surface area contributed by atoms with Crippen LogP contribution in [0, 0.1) is 5.92 Å². The fourth-order valence-electron chi connectivity index (χ4n) is 3.49. The molecular formula is C22H13Cl6N3O2. The molecule has 2 N–H and O–H groups in total. The zero-order chi connectivity index (χ0) is 23.9. The summed E-state index contributed by atoms with van der Waals surface area (Å²) in [5.41, 5.74) is 1.45. The molecular weight excluding hydrogens is 551 g/mol. The molecule has 2 unspecified atom stereocenters. The number of aromatic nitrogens is 1. The van der Waals surface area contributed by atoms with Crippen LogP contribution < -0.4 is 10.6 Å². The van der Waals surface area contributed by atoms with Gasteiger partial charge in [-0.05, 0) is 54.1 Å². The maximum Gasteiger partial charge on any atom is 0.257 e. The predicted octanol–water partition coefficient (Wildman–Crippen LogP) is 7.47. The van der Waals surface area contributed by atoms with Crippen LogP contribution in [0.1, 0.15) is 21.8 Å². The van der Waals surface area contributed by atoms with Gasteiger partial charge in [-0.3, -0.25) is 9.59 Å². The first-order valence-electron chi connectivity index (χ1n) is 9.44. The fraction of sp³-hybridized carbons (Fsp3) is 0.136. The Morgan fingerprint density at radius 2 is 1.61 bits per heavy atom. The molecule has 0 spiro atoms. The first kappa shape index (κ1) is 24.4. The van der Waals surface area contributed by atoms with Crippen LogP contribution in [0.4, 0.5) is 11.4 Å². The third-order valence-electron chi connectivity index (χ3n) is 5.07. The number of carbonyl (C=O) groups excluding carboxylic acids is 2. The summed E-state index contributed by atoms with van der Waals surface area (Å²) in [5.74, 6) is -2.20. The van der Waals surface area contributed by atoms with Crippen LogP contribution >= 0.6 is 69.6 Å². The van der Waals surface area contributed by atoms with Crippen molar-refractivity contribution in [3.8, 4) is 0 Å². The average molecular weight is 564 g/mol. The second-order valence-electron chi connectivity index (χ2n) is 7.31. The van der Waals surface area contributed by atoms with Crippen LogP contribution in [0.3, 0.4) is 0 Å². The van der Waals surface area contributed by atoms with Crippen LogP contribution in [0.15, 0.2) is 54.7 Å². The summed E-state index contributed by atoms with van der Waals surface area (Å²) in [6.45, 7) is 0. The van der Waals surface area contributed by atoms with E-state index in [0.717, 1.165) is 0 Å². The summed E-state index contributed by atoms with van der Waals surface area (Å²) in [5, 5.41) is 6.52. The van der Waals surface area contributed by atoms with Crippen molar-refractivity contribution in [1.29, 1.82) is 0 Å². The number of nitrogens with one attached hydrogen (secondary N) is 2. The van der Waals surface area contributed by atoms with Gasteiger partial charge in [0.15, 0.2) is 5.15 Å². The summed E-state index contributed by atoms with van der Waals surface area (Å²) >= 11 is 37.1. The second kappa shape index (κ2) is 9.49. The molecule has 33 heavy (non-hydrogen) atoms. The van der Waals surface area contributed by atoms with E-state index in [1.54, 1.807) is 36.4 Å². The predicted molar refractivity (Wildman–Crippen MR) is 134 cm³/mol. The van der Waals surface area contributed by atoms with Crippen molar-refractivity contribution in [3.05, 3.63) is 86.1 Å². The smallest absolute Gasteiger partial charge is 0.257 e. The summed E-state index contributed by atoms with van der Waals surface area (Å²) in [7, 11) is 0. The molecule has 11 heteroatoms. The Labute approximate surface area is 219 Å². The van der Waals surface area contributed by atoms with Crippen molar-refractivity contribution < 1.29 is 9.59 Å². The highest BCUT2D eigenvalue weighted by atomic mass is 35.5. The molecule has 0 radical (unpaired) electrons. The first-order chi connectivity index (χ1) is 15.6. The number of anilines is 2. The second-order valence-corrected chi connectivity index (χ2v) is 10.4. The number of rotatable bonds is 5. The number of hydrogen-bond donors (Lipinski definition) is 2. The largest absolute Gasteiger partial charge is 0.326 e. The molecule has 0 aliphatic heterocycles. The Bertz CT molecular complexity index is 1250. The minimum absolute atomic E-state index is 0.131. The molecule has 1 aliphatic carbocycles. The van der Waals surface area contributed by atoms with Gasteiger partial charge in [-0.2, -0.15) is 0 Å². The molecule has 5 nitrogen and oxygen atoms in total. The maximum absolute atomic E-state index is 12.9. The number of halogens is 6. The number of alkyl halides is 2. The Morgan fingerprint density at radius 1 is 0.909 bits per heavy atom. The highest BCUT2D eigenvalue weighted by Gasteiger charge is 2.67. The van der Waals surface area contributed by atoms with E-state index in [9.17, 15) is 9.59 Å². The summed E-state index contributed by atoms with van der Waals surface area (Å²) < 4.78 is -1.33. The van der Waals surface area contributed by atoms with Crippen LogP contribution in [0.25, 0.3) is 0 Å². The molecule has 2 aromatic carbocycles. The molecule has 1 saturated carbocycles. The molecule has 1 aromatic heterocycles. The number of hydrogen-bond acceptors (Lipinski definition) is 3. The van der Waals surface area contributed by atoms with Crippen molar-refractivity contribution in [2.75, 3.05) is 10.6 Å². The van der Waals surface area contributed by atoms with E-state index in [4.69, 9.17) is 69.6 Å². The molecule has 1 fully saturated rings. The topological polar surface area (TPSA) is 71.1 Å². The quantitative estimate of drug-likeness (QED) is 0.250. The number of benzene rings is 2. The van der Waals surface area contributed by atoms with Crippen molar-refractivity contribution in [2.45, 2.75) is 10.3 Å².